The third kappa shape index (κ3) is 2.98. The molecule has 20 heavy (non-hydrogen) atoms. The standard InChI is InChI=1S/C15H23N5/c1-6-8-16-15-13(10(2)3)11(4)17-14(18-15)12-7-9-20(5)19-12/h7,9-10H,6,8H2,1-5H3,(H,16,17,18). The van der Waals surface area contributed by atoms with Gasteiger partial charge < -0.3 is 5.32 Å². The van der Waals surface area contributed by atoms with E-state index in [-0.39, 0.29) is 0 Å². The Bertz CT molecular complexity index is 586. The van der Waals surface area contributed by atoms with Gasteiger partial charge in [-0.05, 0) is 25.3 Å². The van der Waals surface area contributed by atoms with Crippen LogP contribution in [-0.2, 0) is 7.05 Å². The zero-order valence-electron chi connectivity index (χ0n) is 12.9. The van der Waals surface area contributed by atoms with Crippen LogP contribution in [-0.4, -0.2) is 26.3 Å². The molecular formula is C15H23N5. The highest BCUT2D eigenvalue weighted by Crippen LogP contribution is 2.27. The zero-order chi connectivity index (χ0) is 14.7. The first kappa shape index (κ1) is 14.5. The molecule has 0 aliphatic rings. The van der Waals surface area contributed by atoms with Gasteiger partial charge in [0.15, 0.2) is 5.82 Å². The molecule has 0 aliphatic carbocycles. The molecule has 1 N–H and O–H groups in total. The summed E-state index contributed by atoms with van der Waals surface area (Å²) in [4.78, 5) is 9.30. The molecule has 0 atom stereocenters. The van der Waals surface area contributed by atoms with E-state index in [9.17, 15) is 0 Å². The number of anilines is 1. The van der Waals surface area contributed by atoms with E-state index in [1.165, 1.54) is 5.56 Å². The summed E-state index contributed by atoms with van der Waals surface area (Å²) in [7, 11) is 1.90. The fraction of sp³-hybridized carbons (Fsp3) is 0.533. The van der Waals surface area contributed by atoms with Crippen molar-refractivity contribution in [3.8, 4) is 11.5 Å². The number of aromatic nitrogens is 4. The van der Waals surface area contributed by atoms with E-state index in [1.54, 1.807) is 4.68 Å². The number of hydrogen-bond acceptors (Lipinski definition) is 4. The first-order valence-electron chi connectivity index (χ1n) is 7.15. The Morgan fingerprint density at radius 3 is 2.60 bits per heavy atom. The number of hydrogen-bond donors (Lipinski definition) is 1. The topological polar surface area (TPSA) is 55.6 Å². The quantitative estimate of drug-likeness (QED) is 0.909. The lowest BCUT2D eigenvalue weighted by atomic mass is 10.0. The van der Waals surface area contributed by atoms with Crippen LogP contribution in [0.4, 0.5) is 5.82 Å². The lowest BCUT2D eigenvalue weighted by Gasteiger charge is -2.16. The summed E-state index contributed by atoms with van der Waals surface area (Å²) in [5.41, 5.74) is 3.03. The zero-order valence-corrected chi connectivity index (χ0v) is 12.9. The van der Waals surface area contributed by atoms with Crippen LogP contribution in [0.2, 0.25) is 0 Å². The molecule has 0 bridgehead atoms. The molecule has 0 unspecified atom stereocenters. The van der Waals surface area contributed by atoms with Gasteiger partial charge in [0.1, 0.15) is 11.5 Å². The van der Waals surface area contributed by atoms with Gasteiger partial charge in [0.25, 0.3) is 0 Å². The normalized spacial score (nSPS) is 11.1. The summed E-state index contributed by atoms with van der Waals surface area (Å²) < 4.78 is 1.77. The largest absolute Gasteiger partial charge is 0.370 e. The minimum absolute atomic E-state index is 0.395. The van der Waals surface area contributed by atoms with Gasteiger partial charge in [-0.1, -0.05) is 20.8 Å². The van der Waals surface area contributed by atoms with E-state index in [2.05, 4.69) is 41.2 Å². The number of nitrogens with one attached hydrogen (secondary N) is 1. The van der Waals surface area contributed by atoms with Crippen molar-refractivity contribution in [3.05, 3.63) is 23.5 Å². The molecule has 0 saturated heterocycles. The van der Waals surface area contributed by atoms with Crippen molar-refractivity contribution in [2.75, 3.05) is 11.9 Å². The van der Waals surface area contributed by atoms with Crippen molar-refractivity contribution in [3.63, 3.8) is 0 Å². The van der Waals surface area contributed by atoms with E-state index < -0.39 is 0 Å². The maximum absolute atomic E-state index is 4.68. The molecule has 0 aromatic carbocycles. The van der Waals surface area contributed by atoms with Gasteiger partial charge in [0, 0.05) is 31.0 Å². The maximum atomic E-state index is 4.68. The highest BCUT2D eigenvalue weighted by Gasteiger charge is 2.16. The molecule has 0 radical (unpaired) electrons. The molecule has 0 fully saturated rings. The van der Waals surface area contributed by atoms with Gasteiger partial charge in [0.05, 0.1) is 0 Å². The van der Waals surface area contributed by atoms with Crippen LogP contribution < -0.4 is 5.32 Å². The Morgan fingerprint density at radius 2 is 2.05 bits per heavy atom. The fourth-order valence-corrected chi connectivity index (χ4v) is 2.30. The van der Waals surface area contributed by atoms with E-state index in [4.69, 9.17) is 0 Å². The van der Waals surface area contributed by atoms with Crippen LogP contribution in [0.3, 0.4) is 0 Å². The predicted octanol–water partition coefficient (Wildman–Crippen LogP) is 3.13. The van der Waals surface area contributed by atoms with E-state index in [0.29, 0.717) is 11.7 Å². The number of aryl methyl sites for hydroxylation is 2. The SMILES string of the molecule is CCCNc1nc(-c2ccn(C)n2)nc(C)c1C(C)C. The molecule has 108 valence electrons. The van der Waals surface area contributed by atoms with Crippen molar-refractivity contribution < 1.29 is 0 Å². The molecule has 2 aromatic rings. The second-order valence-corrected chi connectivity index (χ2v) is 5.35. The van der Waals surface area contributed by atoms with Crippen molar-refractivity contribution in [2.24, 2.45) is 7.05 Å². The monoisotopic (exact) mass is 273 g/mol. The van der Waals surface area contributed by atoms with Crippen LogP contribution in [0.15, 0.2) is 12.3 Å². The molecule has 0 saturated carbocycles. The molecule has 0 aliphatic heterocycles. The third-order valence-corrected chi connectivity index (χ3v) is 3.20. The Balaban J connectivity index is 2.48. The van der Waals surface area contributed by atoms with Gasteiger partial charge in [0.2, 0.25) is 0 Å². The summed E-state index contributed by atoms with van der Waals surface area (Å²) in [6.07, 6.45) is 2.98. The smallest absolute Gasteiger partial charge is 0.182 e. The Hall–Kier alpha value is -1.91. The molecule has 5 heteroatoms. The first-order valence-corrected chi connectivity index (χ1v) is 7.15. The second kappa shape index (κ2) is 6.03. The van der Waals surface area contributed by atoms with Crippen LogP contribution in [0.1, 0.15) is 44.4 Å². The summed E-state index contributed by atoms with van der Waals surface area (Å²) in [6, 6.07) is 1.94. The van der Waals surface area contributed by atoms with E-state index >= 15 is 0 Å². The third-order valence-electron chi connectivity index (χ3n) is 3.20. The minimum atomic E-state index is 0.395. The molecule has 2 aromatic heterocycles. The van der Waals surface area contributed by atoms with Gasteiger partial charge in [-0.25, -0.2) is 9.97 Å². The fourth-order valence-electron chi connectivity index (χ4n) is 2.30. The highest BCUT2D eigenvalue weighted by molar-refractivity contribution is 5.57. The minimum Gasteiger partial charge on any atom is -0.370 e. The van der Waals surface area contributed by atoms with Gasteiger partial charge >= 0.3 is 0 Å². The van der Waals surface area contributed by atoms with E-state index in [1.807, 2.05) is 26.2 Å². The second-order valence-electron chi connectivity index (χ2n) is 5.35. The molecule has 2 heterocycles. The maximum Gasteiger partial charge on any atom is 0.182 e. The summed E-state index contributed by atoms with van der Waals surface area (Å²) >= 11 is 0. The Morgan fingerprint density at radius 1 is 1.30 bits per heavy atom. The van der Waals surface area contributed by atoms with E-state index in [0.717, 1.165) is 30.2 Å². The number of rotatable bonds is 5. The summed E-state index contributed by atoms with van der Waals surface area (Å²) in [5.74, 6) is 2.02. The Kier molecular flexibility index (Phi) is 4.37. The van der Waals surface area contributed by atoms with Gasteiger partial charge in [-0.3, -0.25) is 4.68 Å². The molecule has 5 nitrogen and oxygen atoms in total. The van der Waals surface area contributed by atoms with Crippen LogP contribution in [0.25, 0.3) is 11.5 Å². The van der Waals surface area contributed by atoms with Crippen molar-refractivity contribution in [1.29, 1.82) is 0 Å². The first-order chi connectivity index (χ1) is 9.52. The number of nitrogens with zero attached hydrogens (tertiary/aromatic N) is 4. The molecule has 0 amide bonds. The van der Waals surface area contributed by atoms with Gasteiger partial charge in [-0.2, -0.15) is 5.10 Å². The van der Waals surface area contributed by atoms with Crippen LogP contribution in [0.5, 0.6) is 0 Å². The van der Waals surface area contributed by atoms with Crippen molar-refractivity contribution >= 4 is 5.82 Å². The molecule has 0 spiro atoms. The molecular weight excluding hydrogens is 250 g/mol. The lowest BCUT2D eigenvalue weighted by molar-refractivity contribution is 0.767. The predicted molar refractivity (Wildman–Crippen MR) is 81.8 cm³/mol. The van der Waals surface area contributed by atoms with Crippen LogP contribution in [0, 0.1) is 6.92 Å². The average molecular weight is 273 g/mol. The van der Waals surface area contributed by atoms with Crippen molar-refractivity contribution in [1.82, 2.24) is 19.7 Å². The lowest BCUT2D eigenvalue weighted by Crippen LogP contribution is -2.10. The molecule has 2 rings (SSSR count). The summed E-state index contributed by atoms with van der Waals surface area (Å²) in [6.45, 7) is 9.45. The van der Waals surface area contributed by atoms with Gasteiger partial charge in [-0.15, -0.1) is 0 Å². The average Bonchev–Trinajstić information content (AvgIpc) is 2.81. The Labute approximate surface area is 120 Å². The van der Waals surface area contributed by atoms with Crippen molar-refractivity contribution in [2.45, 2.75) is 40.0 Å². The summed E-state index contributed by atoms with van der Waals surface area (Å²) in [5, 5.41) is 7.80. The van der Waals surface area contributed by atoms with Crippen LogP contribution >= 0.6 is 0 Å². The highest BCUT2D eigenvalue weighted by atomic mass is 15.3.